The van der Waals surface area contributed by atoms with Crippen LogP contribution >= 0.6 is 22.9 Å². The molecule has 0 fully saturated rings. The summed E-state index contributed by atoms with van der Waals surface area (Å²) in [6, 6.07) is 5.07. The van der Waals surface area contributed by atoms with Gasteiger partial charge in [0.2, 0.25) is 0 Å². The molecule has 13 heavy (non-hydrogen) atoms. The van der Waals surface area contributed by atoms with Gasteiger partial charge in [0.05, 0.1) is 15.3 Å². The van der Waals surface area contributed by atoms with E-state index >= 15 is 0 Å². The molecule has 2 aromatic rings. The number of rotatable bonds is 0. The van der Waals surface area contributed by atoms with Gasteiger partial charge >= 0.3 is 0 Å². The smallest absolute Gasteiger partial charge is 0.117 e. The van der Waals surface area contributed by atoms with Crippen LogP contribution in [0.5, 0.6) is 5.75 Å². The Morgan fingerprint density at radius 2 is 2.23 bits per heavy atom. The zero-order valence-electron chi connectivity index (χ0n) is 6.41. The molecule has 1 aromatic heterocycles. The number of nitrogens with zero attached hydrogens (tertiary/aromatic N) is 1. The van der Waals surface area contributed by atoms with Crippen LogP contribution < -0.4 is 0 Å². The molecular weight excluding hydrogens is 206 g/mol. The zero-order chi connectivity index (χ0) is 9.42. The number of nitriles is 1. The predicted molar refractivity (Wildman–Crippen MR) is 53.2 cm³/mol. The summed E-state index contributed by atoms with van der Waals surface area (Å²) in [6.45, 7) is 0. The van der Waals surface area contributed by atoms with Crippen LogP contribution in [0.3, 0.4) is 0 Å². The molecule has 0 saturated heterocycles. The summed E-state index contributed by atoms with van der Waals surface area (Å²) in [5.74, 6) is 0.0902. The van der Waals surface area contributed by atoms with Gasteiger partial charge in [-0.1, -0.05) is 11.6 Å². The summed E-state index contributed by atoms with van der Waals surface area (Å²) in [5.41, 5.74) is 0.554. The molecule has 2 rings (SSSR count). The number of benzene rings is 1. The zero-order valence-corrected chi connectivity index (χ0v) is 7.99. The van der Waals surface area contributed by atoms with E-state index in [9.17, 15) is 5.11 Å². The number of phenols is 1. The average Bonchev–Trinajstić information content (AvgIpc) is 2.47. The Morgan fingerprint density at radius 3 is 2.92 bits per heavy atom. The van der Waals surface area contributed by atoms with Crippen LogP contribution in [0.15, 0.2) is 17.5 Å². The highest BCUT2D eigenvalue weighted by Gasteiger charge is 2.07. The maximum atomic E-state index is 9.26. The number of hydrogen-bond donors (Lipinski definition) is 1. The summed E-state index contributed by atoms with van der Waals surface area (Å²) in [6.07, 6.45) is 0. The van der Waals surface area contributed by atoms with E-state index in [1.54, 1.807) is 11.4 Å². The van der Waals surface area contributed by atoms with E-state index in [0.717, 1.165) is 10.1 Å². The number of hydrogen-bond acceptors (Lipinski definition) is 3. The van der Waals surface area contributed by atoms with Crippen molar-refractivity contribution in [3.63, 3.8) is 0 Å². The summed E-state index contributed by atoms with van der Waals surface area (Å²) in [5, 5.41) is 20.9. The Hall–Kier alpha value is -1.24. The first-order valence-electron chi connectivity index (χ1n) is 3.52. The van der Waals surface area contributed by atoms with Crippen LogP contribution in [0, 0.1) is 11.3 Å². The van der Waals surface area contributed by atoms with E-state index in [2.05, 4.69) is 0 Å². The maximum absolute atomic E-state index is 9.26. The lowest BCUT2D eigenvalue weighted by Gasteiger charge is -1.95. The van der Waals surface area contributed by atoms with Crippen LogP contribution in [0.1, 0.15) is 5.56 Å². The number of thiophene rings is 1. The second kappa shape index (κ2) is 2.91. The molecular formula is C9H4ClNOS. The van der Waals surface area contributed by atoms with E-state index in [4.69, 9.17) is 16.9 Å². The monoisotopic (exact) mass is 209 g/mol. The molecule has 0 aliphatic carbocycles. The third-order valence-corrected chi connectivity index (χ3v) is 3.17. The molecule has 0 spiro atoms. The highest BCUT2D eigenvalue weighted by atomic mass is 35.5. The van der Waals surface area contributed by atoms with Crippen LogP contribution in [0.2, 0.25) is 5.02 Å². The Balaban J connectivity index is 2.92. The minimum atomic E-state index is 0.0902. The molecule has 1 aromatic carbocycles. The first-order valence-corrected chi connectivity index (χ1v) is 4.78. The van der Waals surface area contributed by atoms with Crippen molar-refractivity contribution in [3.8, 4) is 11.8 Å². The number of phenolic OH excluding ortho intramolecular Hbond substituents is 1. The van der Waals surface area contributed by atoms with Gasteiger partial charge in [0, 0.05) is 10.8 Å². The summed E-state index contributed by atoms with van der Waals surface area (Å²) in [7, 11) is 0. The molecule has 0 atom stereocenters. The molecule has 0 amide bonds. The van der Waals surface area contributed by atoms with E-state index < -0.39 is 0 Å². The fourth-order valence-corrected chi connectivity index (χ4v) is 2.40. The van der Waals surface area contributed by atoms with Crippen molar-refractivity contribution in [2.75, 3.05) is 0 Å². The molecule has 1 N–H and O–H groups in total. The third-order valence-electron chi connectivity index (χ3n) is 1.73. The number of aromatic hydroxyl groups is 1. The highest BCUT2D eigenvalue weighted by molar-refractivity contribution is 7.18. The third kappa shape index (κ3) is 1.24. The molecule has 2 nitrogen and oxygen atoms in total. The van der Waals surface area contributed by atoms with Crippen molar-refractivity contribution in [2.45, 2.75) is 0 Å². The molecule has 0 unspecified atom stereocenters. The van der Waals surface area contributed by atoms with Gasteiger partial charge in [-0.3, -0.25) is 0 Å². The topological polar surface area (TPSA) is 44.0 Å². The second-order valence-corrected chi connectivity index (χ2v) is 3.85. The van der Waals surface area contributed by atoms with Crippen LogP contribution in [0.25, 0.3) is 10.1 Å². The Kier molecular flexibility index (Phi) is 1.87. The predicted octanol–water partition coefficient (Wildman–Crippen LogP) is 3.13. The normalized spacial score (nSPS) is 10.2. The van der Waals surface area contributed by atoms with Crippen molar-refractivity contribution in [1.82, 2.24) is 0 Å². The van der Waals surface area contributed by atoms with Gasteiger partial charge in [-0.15, -0.1) is 11.3 Å². The summed E-state index contributed by atoms with van der Waals surface area (Å²) in [4.78, 5) is 0. The van der Waals surface area contributed by atoms with Crippen molar-refractivity contribution < 1.29 is 5.11 Å². The number of halogens is 1. The van der Waals surface area contributed by atoms with Gasteiger partial charge in [0.15, 0.2) is 0 Å². The van der Waals surface area contributed by atoms with Crippen molar-refractivity contribution in [2.24, 2.45) is 0 Å². The molecule has 1 heterocycles. The lowest BCUT2D eigenvalue weighted by atomic mass is 10.2. The maximum Gasteiger partial charge on any atom is 0.117 e. The quantitative estimate of drug-likeness (QED) is 0.725. The van der Waals surface area contributed by atoms with Gasteiger partial charge < -0.3 is 5.11 Å². The molecule has 0 aliphatic heterocycles. The Bertz CT molecular complexity index is 512. The number of fused-ring (bicyclic) bond motifs is 1. The van der Waals surface area contributed by atoms with E-state index in [1.807, 2.05) is 6.07 Å². The van der Waals surface area contributed by atoms with Gasteiger partial charge in [-0.25, -0.2) is 0 Å². The minimum Gasteiger partial charge on any atom is -0.508 e. The van der Waals surface area contributed by atoms with E-state index in [1.165, 1.54) is 17.4 Å². The Labute approximate surface area is 83.6 Å². The lowest BCUT2D eigenvalue weighted by molar-refractivity contribution is 0.476. The highest BCUT2D eigenvalue weighted by Crippen LogP contribution is 2.34. The largest absolute Gasteiger partial charge is 0.508 e. The standard InChI is InChI=1S/C9H4ClNOS/c10-8-2-6(12)1-7-5(3-11)4-13-9(7)8/h1-2,4,12H. The lowest BCUT2D eigenvalue weighted by Crippen LogP contribution is -1.71. The fraction of sp³-hybridized carbons (Fsp3) is 0. The fourth-order valence-electron chi connectivity index (χ4n) is 1.17. The van der Waals surface area contributed by atoms with Crippen molar-refractivity contribution in [1.29, 1.82) is 5.26 Å². The first kappa shape index (κ1) is 8.36. The molecule has 4 heteroatoms. The van der Waals surface area contributed by atoms with Crippen LogP contribution in [-0.2, 0) is 0 Å². The van der Waals surface area contributed by atoms with E-state index in [0.29, 0.717) is 10.6 Å². The minimum absolute atomic E-state index is 0.0902. The average molecular weight is 210 g/mol. The molecule has 0 saturated carbocycles. The summed E-state index contributed by atoms with van der Waals surface area (Å²) >= 11 is 7.28. The summed E-state index contributed by atoms with van der Waals surface area (Å²) < 4.78 is 0.844. The van der Waals surface area contributed by atoms with Crippen molar-refractivity contribution >= 4 is 33.0 Å². The second-order valence-electron chi connectivity index (χ2n) is 2.57. The molecule has 64 valence electrons. The van der Waals surface area contributed by atoms with Gasteiger partial charge in [0.25, 0.3) is 0 Å². The van der Waals surface area contributed by atoms with Crippen LogP contribution in [-0.4, -0.2) is 5.11 Å². The van der Waals surface area contributed by atoms with Gasteiger partial charge in [-0.2, -0.15) is 5.26 Å². The first-order chi connectivity index (χ1) is 6.22. The molecule has 0 aliphatic rings. The Morgan fingerprint density at radius 1 is 1.46 bits per heavy atom. The van der Waals surface area contributed by atoms with Gasteiger partial charge in [-0.05, 0) is 12.1 Å². The van der Waals surface area contributed by atoms with E-state index in [-0.39, 0.29) is 5.75 Å². The SMILES string of the molecule is N#Cc1csc2c(Cl)cc(O)cc12. The van der Waals surface area contributed by atoms with Crippen molar-refractivity contribution in [3.05, 3.63) is 28.1 Å². The van der Waals surface area contributed by atoms with Crippen LogP contribution in [0.4, 0.5) is 0 Å². The molecule has 0 bridgehead atoms. The molecule has 0 radical (unpaired) electrons. The van der Waals surface area contributed by atoms with Gasteiger partial charge in [0.1, 0.15) is 11.8 Å².